The van der Waals surface area contributed by atoms with E-state index in [1.165, 1.54) is 25.3 Å². The molecule has 4 rings (SSSR count). The summed E-state index contributed by atoms with van der Waals surface area (Å²) in [7, 11) is -0.611. The van der Waals surface area contributed by atoms with E-state index in [1.54, 1.807) is 54.4 Å². The Morgan fingerprint density at radius 3 is 2.49 bits per heavy atom. The Kier molecular flexibility index (Phi) is 7.26. The Labute approximate surface area is 204 Å². The normalized spacial score (nSPS) is 12.9. The van der Waals surface area contributed by atoms with Gasteiger partial charge in [-0.05, 0) is 53.6 Å². The summed E-state index contributed by atoms with van der Waals surface area (Å²) in [6.07, 6.45) is 3.10. The highest BCUT2D eigenvalue weighted by molar-refractivity contribution is 7.92. The van der Waals surface area contributed by atoms with Crippen molar-refractivity contribution in [3.8, 4) is 17.2 Å². The Morgan fingerprint density at radius 1 is 1.03 bits per heavy atom. The van der Waals surface area contributed by atoms with Gasteiger partial charge in [-0.15, -0.1) is 0 Å². The summed E-state index contributed by atoms with van der Waals surface area (Å²) in [6.45, 7) is 1.44. The number of benzene rings is 3. The molecule has 1 aliphatic heterocycles. The van der Waals surface area contributed by atoms with Crippen LogP contribution in [0, 0.1) is 0 Å². The minimum atomic E-state index is -3.80. The number of sulfonamides is 1. The van der Waals surface area contributed by atoms with Gasteiger partial charge in [-0.3, -0.25) is 9.52 Å². The zero-order valence-corrected chi connectivity index (χ0v) is 20.2. The minimum absolute atomic E-state index is 0.0996. The summed E-state index contributed by atoms with van der Waals surface area (Å²) >= 11 is 0. The summed E-state index contributed by atoms with van der Waals surface area (Å²) < 4.78 is 44.3. The predicted octanol–water partition coefficient (Wildman–Crippen LogP) is 3.94. The van der Waals surface area contributed by atoms with E-state index in [-0.39, 0.29) is 10.8 Å². The molecule has 1 amide bonds. The van der Waals surface area contributed by atoms with Gasteiger partial charge in [0, 0.05) is 19.7 Å². The predicted molar refractivity (Wildman–Crippen MR) is 133 cm³/mol. The van der Waals surface area contributed by atoms with Gasteiger partial charge in [-0.25, -0.2) is 8.42 Å². The average Bonchev–Trinajstić information content (AvgIpc) is 2.87. The Hall–Kier alpha value is -3.98. The fourth-order valence-corrected chi connectivity index (χ4v) is 4.59. The molecule has 0 unspecified atom stereocenters. The molecule has 35 heavy (non-hydrogen) atoms. The lowest BCUT2D eigenvalue weighted by Crippen LogP contribution is -2.24. The topological polar surface area (TPSA) is 94.2 Å². The van der Waals surface area contributed by atoms with E-state index in [9.17, 15) is 13.2 Å². The number of amides is 1. The maximum atomic E-state index is 12.7. The summed E-state index contributed by atoms with van der Waals surface area (Å²) in [4.78, 5) is 14.2. The first-order valence-corrected chi connectivity index (χ1v) is 12.4. The third kappa shape index (κ3) is 5.93. The first kappa shape index (κ1) is 24.2. The van der Waals surface area contributed by atoms with Crippen molar-refractivity contribution < 1.29 is 27.4 Å². The first-order chi connectivity index (χ1) is 16.9. The van der Waals surface area contributed by atoms with Crippen molar-refractivity contribution in [2.75, 3.05) is 32.1 Å². The first-order valence-electron chi connectivity index (χ1n) is 10.9. The molecule has 0 radical (unpaired) electrons. The SMILES string of the molecule is COc1ccccc1NS(=O)(=O)c1ccc(C=CC(=O)N(C)Cc2ccc3c(c2)OCCO3)cc1. The number of para-hydroxylation sites is 2. The van der Waals surface area contributed by atoms with E-state index in [0.717, 1.165) is 5.56 Å². The number of anilines is 1. The van der Waals surface area contributed by atoms with Gasteiger partial charge in [-0.1, -0.05) is 30.3 Å². The van der Waals surface area contributed by atoms with E-state index in [4.69, 9.17) is 14.2 Å². The van der Waals surface area contributed by atoms with Gasteiger partial charge in [-0.2, -0.15) is 0 Å². The second kappa shape index (κ2) is 10.5. The van der Waals surface area contributed by atoms with Gasteiger partial charge < -0.3 is 19.1 Å². The quantitative estimate of drug-likeness (QED) is 0.477. The number of hydrogen-bond donors (Lipinski definition) is 1. The molecular formula is C26H26N2O6S. The molecule has 0 aromatic heterocycles. The standard InChI is InChI=1S/C26H26N2O6S/c1-28(18-20-9-13-24-25(17-20)34-16-15-33-24)26(29)14-10-19-7-11-21(12-8-19)35(30,31)27-22-5-3-4-6-23(22)32-2/h3-14,17,27H,15-16,18H2,1-2H3. The lowest BCUT2D eigenvalue weighted by atomic mass is 10.1. The monoisotopic (exact) mass is 494 g/mol. The van der Waals surface area contributed by atoms with Crippen LogP contribution in [0.25, 0.3) is 6.08 Å². The minimum Gasteiger partial charge on any atom is -0.495 e. The molecule has 0 saturated heterocycles. The molecule has 3 aromatic carbocycles. The third-order valence-electron chi connectivity index (χ3n) is 5.36. The molecule has 0 bridgehead atoms. The van der Waals surface area contributed by atoms with Crippen LogP contribution in [-0.4, -0.2) is 46.6 Å². The fraction of sp³-hybridized carbons (Fsp3) is 0.192. The molecule has 1 N–H and O–H groups in total. The van der Waals surface area contributed by atoms with Gasteiger partial charge in [0.2, 0.25) is 5.91 Å². The van der Waals surface area contributed by atoms with Gasteiger partial charge in [0.15, 0.2) is 11.5 Å². The molecule has 0 atom stereocenters. The van der Waals surface area contributed by atoms with Crippen molar-refractivity contribution in [1.29, 1.82) is 0 Å². The van der Waals surface area contributed by atoms with E-state index < -0.39 is 10.0 Å². The zero-order valence-electron chi connectivity index (χ0n) is 19.4. The molecule has 8 nitrogen and oxygen atoms in total. The molecule has 1 aliphatic rings. The number of carbonyl (C=O) groups is 1. The lowest BCUT2D eigenvalue weighted by molar-refractivity contribution is -0.125. The second-order valence-corrected chi connectivity index (χ2v) is 9.56. The van der Waals surface area contributed by atoms with Crippen LogP contribution in [0.5, 0.6) is 17.2 Å². The number of methoxy groups -OCH3 is 1. The maximum Gasteiger partial charge on any atom is 0.262 e. The summed E-state index contributed by atoms with van der Waals surface area (Å²) in [5, 5.41) is 0. The van der Waals surface area contributed by atoms with Crippen molar-refractivity contribution in [1.82, 2.24) is 4.90 Å². The van der Waals surface area contributed by atoms with Crippen LogP contribution in [0.15, 0.2) is 77.7 Å². The number of likely N-dealkylation sites (N-methyl/N-ethyl adjacent to an activating group) is 1. The average molecular weight is 495 g/mol. The van der Waals surface area contributed by atoms with E-state index in [0.29, 0.717) is 48.3 Å². The molecule has 0 saturated carbocycles. The number of nitrogens with zero attached hydrogens (tertiary/aromatic N) is 1. The van der Waals surface area contributed by atoms with E-state index >= 15 is 0 Å². The maximum absolute atomic E-state index is 12.7. The molecule has 9 heteroatoms. The number of fused-ring (bicyclic) bond motifs is 1. The Balaban J connectivity index is 1.38. The van der Waals surface area contributed by atoms with Crippen LogP contribution in [0.4, 0.5) is 5.69 Å². The highest BCUT2D eigenvalue weighted by Crippen LogP contribution is 2.31. The van der Waals surface area contributed by atoms with Crippen LogP contribution >= 0.6 is 0 Å². The third-order valence-corrected chi connectivity index (χ3v) is 6.74. The summed E-state index contributed by atoms with van der Waals surface area (Å²) in [6, 6.07) is 18.6. The molecule has 182 valence electrons. The van der Waals surface area contributed by atoms with Crippen LogP contribution in [-0.2, 0) is 21.4 Å². The van der Waals surface area contributed by atoms with E-state index in [2.05, 4.69) is 4.72 Å². The number of carbonyl (C=O) groups excluding carboxylic acids is 1. The smallest absolute Gasteiger partial charge is 0.262 e. The summed E-state index contributed by atoms with van der Waals surface area (Å²) in [5.74, 6) is 1.63. The van der Waals surface area contributed by atoms with Gasteiger partial charge in [0.1, 0.15) is 19.0 Å². The molecule has 1 heterocycles. The van der Waals surface area contributed by atoms with E-state index in [1.807, 2.05) is 18.2 Å². The van der Waals surface area contributed by atoms with Crippen molar-refractivity contribution in [2.24, 2.45) is 0 Å². The summed E-state index contributed by atoms with van der Waals surface area (Å²) in [5.41, 5.74) is 1.98. The van der Waals surface area contributed by atoms with Crippen molar-refractivity contribution in [3.05, 3.63) is 83.9 Å². The fourth-order valence-electron chi connectivity index (χ4n) is 3.52. The van der Waals surface area contributed by atoms with Crippen molar-refractivity contribution >= 4 is 27.7 Å². The zero-order chi connectivity index (χ0) is 24.8. The highest BCUT2D eigenvalue weighted by atomic mass is 32.2. The highest BCUT2D eigenvalue weighted by Gasteiger charge is 2.16. The van der Waals surface area contributed by atoms with Gasteiger partial charge >= 0.3 is 0 Å². The van der Waals surface area contributed by atoms with Gasteiger partial charge in [0.05, 0.1) is 17.7 Å². The molecule has 3 aromatic rings. The number of hydrogen-bond acceptors (Lipinski definition) is 6. The van der Waals surface area contributed by atoms with Crippen LogP contribution in [0.3, 0.4) is 0 Å². The lowest BCUT2D eigenvalue weighted by Gasteiger charge is -2.20. The molecule has 0 aliphatic carbocycles. The number of rotatable bonds is 8. The molecule has 0 fully saturated rings. The number of nitrogens with one attached hydrogen (secondary N) is 1. The largest absolute Gasteiger partial charge is 0.495 e. The van der Waals surface area contributed by atoms with Crippen LogP contribution in [0.1, 0.15) is 11.1 Å². The Bertz CT molecular complexity index is 1340. The van der Waals surface area contributed by atoms with Crippen LogP contribution < -0.4 is 18.9 Å². The van der Waals surface area contributed by atoms with Crippen LogP contribution in [0.2, 0.25) is 0 Å². The van der Waals surface area contributed by atoms with Crippen molar-refractivity contribution in [2.45, 2.75) is 11.4 Å². The molecule has 0 spiro atoms. The van der Waals surface area contributed by atoms with Crippen molar-refractivity contribution in [3.63, 3.8) is 0 Å². The molecular weight excluding hydrogens is 468 g/mol. The Morgan fingerprint density at radius 2 is 1.74 bits per heavy atom. The second-order valence-electron chi connectivity index (χ2n) is 7.88. The number of ether oxygens (including phenoxy) is 3. The van der Waals surface area contributed by atoms with Gasteiger partial charge in [0.25, 0.3) is 10.0 Å².